The van der Waals surface area contributed by atoms with Gasteiger partial charge in [-0.05, 0) is 72.3 Å². The Bertz CT molecular complexity index is 1430. The van der Waals surface area contributed by atoms with Crippen molar-refractivity contribution in [3.63, 3.8) is 0 Å². The first kappa shape index (κ1) is 22.9. The van der Waals surface area contributed by atoms with Crippen LogP contribution in [0.3, 0.4) is 0 Å². The summed E-state index contributed by atoms with van der Waals surface area (Å²) in [7, 11) is 1.34. The molecular weight excluding hydrogens is 452 g/mol. The fourth-order valence-corrected chi connectivity index (χ4v) is 3.73. The monoisotopic (exact) mass is 476 g/mol. The number of aromatic nitrogens is 2. The maximum atomic E-state index is 12.2. The van der Waals surface area contributed by atoms with Crippen LogP contribution in [0.5, 0.6) is 17.2 Å². The molecule has 178 valence electrons. The zero-order chi connectivity index (χ0) is 24.7. The van der Waals surface area contributed by atoms with E-state index >= 15 is 0 Å². The van der Waals surface area contributed by atoms with Crippen LogP contribution < -0.4 is 9.47 Å². The maximum absolute atomic E-state index is 12.2. The van der Waals surface area contributed by atoms with E-state index in [1.54, 1.807) is 10.7 Å². The third-order valence-corrected chi connectivity index (χ3v) is 5.56. The summed E-state index contributed by atoms with van der Waals surface area (Å²) in [5.41, 5.74) is 3.74. The van der Waals surface area contributed by atoms with Crippen molar-refractivity contribution < 1.29 is 19.0 Å². The number of hydrogen-bond donors (Lipinski definition) is 0. The van der Waals surface area contributed by atoms with Gasteiger partial charge in [0.1, 0.15) is 23.9 Å². The minimum absolute atomic E-state index is 0.224. The van der Waals surface area contributed by atoms with E-state index in [1.165, 1.54) is 7.11 Å². The zero-order valence-electron chi connectivity index (χ0n) is 19.7. The molecule has 5 aromatic rings. The zero-order valence-corrected chi connectivity index (χ0v) is 19.7. The van der Waals surface area contributed by atoms with Gasteiger partial charge in [0.15, 0.2) is 5.69 Å². The van der Waals surface area contributed by atoms with Crippen molar-refractivity contribution in [2.45, 2.75) is 6.61 Å². The number of ether oxygens (including phenoxy) is 3. The van der Waals surface area contributed by atoms with Gasteiger partial charge in [-0.3, -0.25) is 0 Å². The van der Waals surface area contributed by atoms with Crippen LogP contribution in [-0.2, 0) is 11.3 Å². The average molecular weight is 477 g/mol. The minimum atomic E-state index is -0.498. The Labute approximate surface area is 209 Å². The molecular formula is C30H24N2O4. The normalized spacial score (nSPS) is 10.6. The number of esters is 1. The molecule has 4 aromatic carbocycles. The number of methoxy groups -OCH3 is 1. The van der Waals surface area contributed by atoms with Crippen molar-refractivity contribution in [3.8, 4) is 34.2 Å². The van der Waals surface area contributed by atoms with Gasteiger partial charge in [-0.15, -0.1) is 0 Å². The van der Waals surface area contributed by atoms with E-state index in [0.717, 1.165) is 34.0 Å². The Morgan fingerprint density at radius 1 is 0.750 bits per heavy atom. The predicted molar refractivity (Wildman–Crippen MR) is 138 cm³/mol. The molecule has 36 heavy (non-hydrogen) atoms. The molecule has 0 spiro atoms. The highest BCUT2D eigenvalue weighted by molar-refractivity contribution is 5.89. The summed E-state index contributed by atoms with van der Waals surface area (Å²) in [5, 5.41) is 4.51. The van der Waals surface area contributed by atoms with Crippen molar-refractivity contribution in [1.29, 1.82) is 0 Å². The number of benzene rings is 4. The average Bonchev–Trinajstić information content (AvgIpc) is 3.39. The van der Waals surface area contributed by atoms with Crippen LogP contribution in [0.25, 0.3) is 16.9 Å². The summed E-state index contributed by atoms with van der Waals surface area (Å²) < 4.78 is 18.4. The third kappa shape index (κ3) is 5.28. The van der Waals surface area contributed by atoms with Crippen LogP contribution in [0, 0.1) is 0 Å². The summed E-state index contributed by atoms with van der Waals surface area (Å²) in [5.74, 6) is 1.71. The fourth-order valence-electron chi connectivity index (χ4n) is 3.73. The lowest BCUT2D eigenvalue weighted by Gasteiger charge is -2.11. The molecule has 0 bridgehead atoms. The largest absolute Gasteiger partial charge is 0.489 e. The summed E-state index contributed by atoms with van der Waals surface area (Å²) in [6.07, 6.45) is 0. The van der Waals surface area contributed by atoms with E-state index in [9.17, 15) is 4.79 Å². The topological polar surface area (TPSA) is 62.6 Å². The molecule has 5 rings (SSSR count). The van der Waals surface area contributed by atoms with Gasteiger partial charge in [0.25, 0.3) is 0 Å². The van der Waals surface area contributed by atoms with E-state index < -0.39 is 5.97 Å². The first-order valence-electron chi connectivity index (χ1n) is 11.5. The van der Waals surface area contributed by atoms with Gasteiger partial charge in [-0.1, -0.05) is 48.5 Å². The van der Waals surface area contributed by atoms with Crippen molar-refractivity contribution >= 4 is 5.97 Å². The highest BCUT2D eigenvalue weighted by Gasteiger charge is 2.17. The molecule has 0 radical (unpaired) electrons. The molecule has 1 aromatic heterocycles. The molecule has 0 aliphatic carbocycles. The number of carbonyl (C=O) groups excluding carboxylic acids is 1. The van der Waals surface area contributed by atoms with Crippen LogP contribution in [0.4, 0.5) is 0 Å². The van der Waals surface area contributed by atoms with Crippen LogP contribution in [0.1, 0.15) is 16.1 Å². The van der Waals surface area contributed by atoms with Gasteiger partial charge in [-0.25, -0.2) is 9.48 Å². The second kappa shape index (κ2) is 10.6. The van der Waals surface area contributed by atoms with Crippen LogP contribution in [0.15, 0.2) is 115 Å². The van der Waals surface area contributed by atoms with Crippen molar-refractivity contribution in [3.05, 3.63) is 127 Å². The molecule has 0 fully saturated rings. The van der Waals surface area contributed by atoms with Gasteiger partial charge < -0.3 is 14.2 Å². The van der Waals surface area contributed by atoms with E-state index in [4.69, 9.17) is 14.2 Å². The lowest BCUT2D eigenvalue weighted by molar-refractivity contribution is 0.0593. The number of para-hydroxylation sites is 1. The van der Waals surface area contributed by atoms with Gasteiger partial charge in [0.05, 0.1) is 18.5 Å². The molecule has 6 heteroatoms. The van der Waals surface area contributed by atoms with Crippen molar-refractivity contribution in [2.75, 3.05) is 7.11 Å². The molecule has 0 aliphatic rings. The Morgan fingerprint density at radius 2 is 1.36 bits per heavy atom. The highest BCUT2D eigenvalue weighted by atomic mass is 16.5. The molecule has 0 saturated carbocycles. The number of hydrogen-bond acceptors (Lipinski definition) is 5. The van der Waals surface area contributed by atoms with E-state index in [0.29, 0.717) is 12.4 Å². The smallest absolute Gasteiger partial charge is 0.358 e. The standard InChI is InChI=1S/C30H24N2O4/c1-34-30(33)28-20-29(23-12-16-25(17-13-23)35-21-22-8-4-2-5-9-22)32(31-28)24-14-18-27(19-15-24)36-26-10-6-3-7-11-26/h2-20H,21H2,1H3. The van der Waals surface area contributed by atoms with E-state index in [2.05, 4.69) is 5.10 Å². The Hall–Kier alpha value is -4.84. The lowest BCUT2D eigenvalue weighted by atomic mass is 10.1. The first-order chi connectivity index (χ1) is 17.7. The fraction of sp³-hybridized carbons (Fsp3) is 0.0667. The molecule has 6 nitrogen and oxygen atoms in total. The second-order valence-electron chi connectivity index (χ2n) is 8.03. The van der Waals surface area contributed by atoms with Crippen molar-refractivity contribution in [2.24, 2.45) is 0 Å². The molecule has 0 N–H and O–H groups in total. The number of rotatable bonds is 8. The third-order valence-electron chi connectivity index (χ3n) is 5.56. The van der Waals surface area contributed by atoms with Gasteiger partial charge in [-0.2, -0.15) is 5.10 Å². The van der Waals surface area contributed by atoms with Gasteiger partial charge >= 0.3 is 5.97 Å². The molecule has 0 aliphatic heterocycles. The SMILES string of the molecule is COC(=O)c1cc(-c2ccc(OCc3ccccc3)cc2)n(-c2ccc(Oc3ccccc3)cc2)n1. The Kier molecular flexibility index (Phi) is 6.76. The second-order valence-corrected chi connectivity index (χ2v) is 8.03. The molecule has 1 heterocycles. The molecule has 0 unspecified atom stereocenters. The van der Waals surface area contributed by atoms with Gasteiger partial charge in [0.2, 0.25) is 0 Å². The minimum Gasteiger partial charge on any atom is -0.489 e. The van der Waals surface area contributed by atoms with E-state index in [1.807, 2.05) is 109 Å². The van der Waals surface area contributed by atoms with Crippen LogP contribution >= 0.6 is 0 Å². The lowest BCUT2D eigenvalue weighted by Crippen LogP contribution is -2.04. The highest BCUT2D eigenvalue weighted by Crippen LogP contribution is 2.28. The van der Waals surface area contributed by atoms with Gasteiger partial charge in [0, 0.05) is 5.56 Å². The first-order valence-corrected chi connectivity index (χ1v) is 11.5. The predicted octanol–water partition coefficient (Wildman–Crippen LogP) is 6.70. The number of nitrogens with zero attached hydrogens (tertiary/aromatic N) is 2. The van der Waals surface area contributed by atoms with Crippen LogP contribution in [-0.4, -0.2) is 22.9 Å². The van der Waals surface area contributed by atoms with Crippen molar-refractivity contribution in [1.82, 2.24) is 9.78 Å². The quantitative estimate of drug-likeness (QED) is 0.233. The Balaban J connectivity index is 1.40. The summed E-state index contributed by atoms with van der Waals surface area (Å²) in [6, 6.07) is 36.5. The van der Waals surface area contributed by atoms with E-state index in [-0.39, 0.29) is 5.69 Å². The Morgan fingerprint density at radius 3 is 2.03 bits per heavy atom. The summed E-state index contributed by atoms with van der Waals surface area (Å²) in [6.45, 7) is 0.488. The maximum Gasteiger partial charge on any atom is 0.358 e. The summed E-state index contributed by atoms with van der Waals surface area (Å²) >= 11 is 0. The molecule has 0 atom stereocenters. The summed E-state index contributed by atoms with van der Waals surface area (Å²) in [4.78, 5) is 12.2. The molecule has 0 amide bonds. The van der Waals surface area contributed by atoms with Crippen LogP contribution in [0.2, 0.25) is 0 Å². The number of carbonyl (C=O) groups is 1. The molecule has 0 saturated heterocycles.